The number of hydrogen-bond acceptors (Lipinski definition) is 6. The zero-order chi connectivity index (χ0) is 18.7. The second-order valence-corrected chi connectivity index (χ2v) is 6.82. The summed E-state index contributed by atoms with van der Waals surface area (Å²) >= 11 is 0. The summed E-state index contributed by atoms with van der Waals surface area (Å²) in [4.78, 5) is 26.8. The van der Waals surface area contributed by atoms with Crippen LogP contribution in [0.4, 0.5) is 0 Å². The van der Waals surface area contributed by atoms with Crippen molar-refractivity contribution in [3.8, 4) is 5.95 Å². The molecule has 1 amide bonds. The van der Waals surface area contributed by atoms with Crippen LogP contribution in [0.15, 0.2) is 12.3 Å². The number of nitrogens with one attached hydrogen (secondary N) is 1. The van der Waals surface area contributed by atoms with Gasteiger partial charge in [-0.05, 0) is 38.7 Å². The molecular weight excluding hydrogens is 334 g/mol. The Bertz CT molecular complexity index is 761. The molecule has 8 heteroatoms. The standard InChI is InChI=1S/C18H25N5O3/c1-11(2)16-14(17(24)22-26-15-7-5-6-8-25-15)10-23(21-16)18-19-12(3)9-13(4)20-18/h9-11,15H,5-8H2,1-4H3,(H,22,24). The number of hydrogen-bond donors (Lipinski definition) is 1. The van der Waals surface area contributed by atoms with Crippen LogP contribution in [0, 0.1) is 13.8 Å². The molecule has 0 spiro atoms. The summed E-state index contributed by atoms with van der Waals surface area (Å²) in [6.45, 7) is 8.42. The second-order valence-electron chi connectivity index (χ2n) is 6.82. The average Bonchev–Trinajstić information content (AvgIpc) is 3.05. The van der Waals surface area contributed by atoms with Gasteiger partial charge in [-0.2, -0.15) is 5.10 Å². The highest BCUT2D eigenvalue weighted by atomic mass is 16.8. The highest BCUT2D eigenvalue weighted by Gasteiger charge is 2.22. The maximum Gasteiger partial charge on any atom is 0.278 e. The lowest BCUT2D eigenvalue weighted by Gasteiger charge is -2.22. The Morgan fingerprint density at radius 2 is 2.04 bits per heavy atom. The molecule has 1 N–H and O–H groups in total. The number of aryl methyl sites for hydroxylation is 2. The number of hydroxylamine groups is 1. The predicted octanol–water partition coefficient (Wildman–Crippen LogP) is 2.59. The molecule has 1 saturated heterocycles. The molecule has 3 rings (SSSR count). The van der Waals surface area contributed by atoms with Crippen molar-refractivity contribution in [1.82, 2.24) is 25.2 Å². The fourth-order valence-corrected chi connectivity index (χ4v) is 2.88. The van der Waals surface area contributed by atoms with Crippen LogP contribution < -0.4 is 5.48 Å². The molecule has 1 fully saturated rings. The van der Waals surface area contributed by atoms with Crippen molar-refractivity contribution in [1.29, 1.82) is 0 Å². The van der Waals surface area contributed by atoms with E-state index in [4.69, 9.17) is 9.57 Å². The summed E-state index contributed by atoms with van der Waals surface area (Å²) in [7, 11) is 0. The Kier molecular flexibility index (Phi) is 5.63. The first-order valence-corrected chi connectivity index (χ1v) is 8.94. The first-order valence-electron chi connectivity index (χ1n) is 8.94. The van der Waals surface area contributed by atoms with Crippen LogP contribution in [0.1, 0.15) is 66.5 Å². The Hall–Kier alpha value is -2.32. The zero-order valence-corrected chi connectivity index (χ0v) is 15.7. The van der Waals surface area contributed by atoms with Gasteiger partial charge in [0.05, 0.1) is 11.3 Å². The molecule has 8 nitrogen and oxygen atoms in total. The molecule has 1 aliphatic heterocycles. The van der Waals surface area contributed by atoms with Crippen LogP contribution in [0.25, 0.3) is 5.95 Å². The first kappa shape index (κ1) is 18.5. The van der Waals surface area contributed by atoms with Crippen molar-refractivity contribution in [2.45, 2.75) is 59.2 Å². The van der Waals surface area contributed by atoms with Gasteiger partial charge in [-0.25, -0.2) is 25.0 Å². The van der Waals surface area contributed by atoms with E-state index in [-0.39, 0.29) is 11.8 Å². The molecular formula is C18H25N5O3. The van der Waals surface area contributed by atoms with Crippen molar-refractivity contribution in [3.63, 3.8) is 0 Å². The van der Waals surface area contributed by atoms with E-state index in [9.17, 15) is 4.79 Å². The summed E-state index contributed by atoms with van der Waals surface area (Å²) < 4.78 is 7.01. The molecule has 2 aromatic rings. The highest BCUT2D eigenvalue weighted by Crippen LogP contribution is 2.20. The molecule has 26 heavy (non-hydrogen) atoms. The summed E-state index contributed by atoms with van der Waals surface area (Å²) in [5.74, 6) is 0.160. The van der Waals surface area contributed by atoms with Crippen molar-refractivity contribution in [2.24, 2.45) is 0 Å². The first-order chi connectivity index (χ1) is 12.4. The molecule has 0 aliphatic carbocycles. The minimum atomic E-state index is -0.395. The Morgan fingerprint density at radius 1 is 1.31 bits per heavy atom. The van der Waals surface area contributed by atoms with Gasteiger partial charge in [-0.15, -0.1) is 0 Å². The van der Waals surface area contributed by atoms with Gasteiger partial charge in [-0.1, -0.05) is 13.8 Å². The van der Waals surface area contributed by atoms with E-state index < -0.39 is 6.29 Å². The topological polar surface area (TPSA) is 91.2 Å². The van der Waals surface area contributed by atoms with E-state index in [1.807, 2.05) is 33.8 Å². The number of nitrogens with zero attached hydrogens (tertiary/aromatic N) is 4. The summed E-state index contributed by atoms with van der Waals surface area (Å²) in [6, 6.07) is 1.89. The number of carbonyl (C=O) groups is 1. The van der Waals surface area contributed by atoms with Gasteiger partial charge >= 0.3 is 0 Å². The maximum absolute atomic E-state index is 12.6. The van der Waals surface area contributed by atoms with Gasteiger partial charge in [0, 0.05) is 30.6 Å². The number of amides is 1. The minimum Gasteiger partial charge on any atom is -0.350 e. The summed E-state index contributed by atoms with van der Waals surface area (Å²) in [5.41, 5.74) is 5.29. The van der Waals surface area contributed by atoms with Crippen molar-refractivity contribution in [3.05, 3.63) is 34.9 Å². The van der Waals surface area contributed by atoms with Crippen molar-refractivity contribution < 1.29 is 14.4 Å². The van der Waals surface area contributed by atoms with Gasteiger partial charge < -0.3 is 4.74 Å². The molecule has 1 unspecified atom stereocenters. The minimum absolute atomic E-state index is 0.0637. The smallest absolute Gasteiger partial charge is 0.278 e. The molecule has 140 valence electrons. The molecule has 1 aliphatic rings. The highest BCUT2D eigenvalue weighted by molar-refractivity contribution is 5.94. The lowest BCUT2D eigenvalue weighted by atomic mass is 10.1. The van der Waals surface area contributed by atoms with Crippen molar-refractivity contribution in [2.75, 3.05) is 6.61 Å². The molecule has 0 bridgehead atoms. The van der Waals surface area contributed by atoms with Crippen LogP contribution in [0.2, 0.25) is 0 Å². The van der Waals surface area contributed by atoms with E-state index >= 15 is 0 Å². The van der Waals surface area contributed by atoms with Crippen LogP contribution in [0.3, 0.4) is 0 Å². The number of rotatable bonds is 5. The number of ether oxygens (including phenoxy) is 1. The van der Waals surface area contributed by atoms with E-state index in [2.05, 4.69) is 20.5 Å². The van der Waals surface area contributed by atoms with Gasteiger partial charge in [0.15, 0.2) is 6.29 Å². The summed E-state index contributed by atoms with van der Waals surface area (Å²) in [6.07, 6.45) is 4.07. The van der Waals surface area contributed by atoms with Gasteiger partial charge in [0.25, 0.3) is 11.9 Å². The monoisotopic (exact) mass is 359 g/mol. The Labute approximate surface area is 152 Å². The van der Waals surface area contributed by atoms with Gasteiger partial charge in [0.1, 0.15) is 0 Å². The van der Waals surface area contributed by atoms with Gasteiger partial charge in [0.2, 0.25) is 0 Å². The van der Waals surface area contributed by atoms with Crippen LogP contribution in [-0.2, 0) is 9.57 Å². The van der Waals surface area contributed by atoms with E-state index in [1.165, 1.54) is 0 Å². The Morgan fingerprint density at radius 3 is 2.65 bits per heavy atom. The molecule has 3 heterocycles. The fraction of sp³-hybridized carbons (Fsp3) is 0.556. The van der Waals surface area contributed by atoms with Crippen LogP contribution >= 0.6 is 0 Å². The predicted molar refractivity (Wildman–Crippen MR) is 94.9 cm³/mol. The molecule has 2 aromatic heterocycles. The average molecular weight is 359 g/mol. The number of carbonyl (C=O) groups excluding carboxylic acids is 1. The largest absolute Gasteiger partial charge is 0.350 e. The van der Waals surface area contributed by atoms with Crippen LogP contribution in [0.5, 0.6) is 0 Å². The van der Waals surface area contributed by atoms with E-state index in [0.29, 0.717) is 23.8 Å². The Balaban J connectivity index is 1.81. The SMILES string of the molecule is Cc1cc(C)nc(-n2cc(C(=O)NOC3CCCCO3)c(C(C)C)n2)n1. The van der Waals surface area contributed by atoms with E-state index in [0.717, 1.165) is 30.7 Å². The van der Waals surface area contributed by atoms with Crippen LogP contribution in [-0.4, -0.2) is 38.6 Å². The number of aromatic nitrogens is 4. The third kappa shape index (κ3) is 4.25. The lowest BCUT2D eigenvalue weighted by Crippen LogP contribution is -2.33. The van der Waals surface area contributed by atoms with E-state index in [1.54, 1.807) is 10.9 Å². The molecule has 0 aromatic carbocycles. The third-order valence-corrected chi connectivity index (χ3v) is 4.13. The second kappa shape index (κ2) is 7.92. The normalized spacial score (nSPS) is 17.5. The fourth-order valence-electron chi connectivity index (χ4n) is 2.88. The summed E-state index contributed by atoms with van der Waals surface area (Å²) in [5, 5.41) is 4.52. The molecule has 0 saturated carbocycles. The maximum atomic E-state index is 12.6. The third-order valence-electron chi connectivity index (χ3n) is 4.13. The zero-order valence-electron chi connectivity index (χ0n) is 15.7. The van der Waals surface area contributed by atoms with Gasteiger partial charge in [-0.3, -0.25) is 4.79 Å². The molecule has 0 radical (unpaired) electrons. The molecule has 1 atom stereocenters. The lowest BCUT2D eigenvalue weighted by molar-refractivity contribution is -0.186. The quantitative estimate of drug-likeness (QED) is 0.825. The van der Waals surface area contributed by atoms with Crippen molar-refractivity contribution >= 4 is 5.91 Å².